The van der Waals surface area contributed by atoms with Gasteiger partial charge in [0.15, 0.2) is 0 Å². The Morgan fingerprint density at radius 3 is 2.58 bits per heavy atom. The fourth-order valence-corrected chi connectivity index (χ4v) is 3.96. The first kappa shape index (κ1) is 18.9. The van der Waals surface area contributed by atoms with Crippen molar-refractivity contribution in [2.45, 2.75) is 25.8 Å². The first-order chi connectivity index (χ1) is 12.7. The molecule has 3 rings (SSSR count). The third-order valence-electron chi connectivity index (χ3n) is 5.16. The molecular weight excluding hydrogens is 326 g/mol. The number of rotatable bonds is 8. The molecule has 0 aromatic heterocycles. The molecule has 1 heterocycles. The molecule has 2 N–H and O–H groups in total. The Kier molecular flexibility index (Phi) is 6.67. The summed E-state index contributed by atoms with van der Waals surface area (Å²) in [6.07, 6.45) is 3.09. The third kappa shape index (κ3) is 5.07. The van der Waals surface area contributed by atoms with Crippen molar-refractivity contribution in [2.75, 3.05) is 32.9 Å². The molecule has 1 unspecified atom stereocenters. The lowest BCUT2D eigenvalue weighted by atomic mass is 9.75. The van der Waals surface area contributed by atoms with Crippen molar-refractivity contribution in [3.05, 3.63) is 65.7 Å². The molecule has 0 radical (unpaired) electrons. The fraction of sp³-hybridized carbons (Fsp3) is 0.455. The third-order valence-corrected chi connectivity index (χ3v) is 5.16. The van der Waals surface area contributed by atoms with Crippen LogP contribution in [0, 0.1) is 5.41 Å². The Bertz CT molecular complexity index is 676. The minimum Gasteiger partial charge on any atom is -0.491 e. The van der Waals surface area contributed by atoms with Gasteiger partial charge in [-0.25, -0.2) is 0 Å². The molecule has 2 aromatic carbocycles. The van der Waals surface area contributed by atoms with Gasteiger partial charge in [-0.2, -0.15) is 0 Å². The lowest BCUT2D eigenvalue weighted by molar-refractivity contribution is 0.0288. The SMILES string of the molecule is OCCOc1cccc(CN2CCCC(CO)(Cc3ccccc3)C2)c1. The van der Waals surface area contributed by atoms with Crippen LogP contribution in [0.3, 0.4) is 0 Å². The van der Waals surface area contributed by atoms with Crippen LogP contribution in [0.1, 0.15) is 24.0 Å². The van der Waals surface area contributed by atoms with Crippen LogP contribution < -0.4 is 4.74 Å². The van der Waals surface area contributed by atoms with Crippen molar-refractivity contribution in [3.8, 4) is 5.75 Å². The average molecular weight is 355 g/mol. The Hall–Kier alpha value is -1.88. The number of benzene rings is 2. The van der Waals surface area contributed by atoms with Crippen molar-refractivity contribution < 1.29 is 14.9 Å². The zero-order chi connectivity index (χ0) is 18.2. The van der Waals surface area contributed by atoms with E-state index in [0.717, 1.165) is 44.6 Å². The standard InChI is InChI=1S/C22H29NO3/c24-12-13-26-21-9-4-8-20(14-21)16-23-11-5-10-22(17-23,18-25)15-19-6-2-1-3-7-19/h1-4,6-9,14,24-25H,5,10-13,15-18H2. The number of nitrogens with zero attached hydrogens (tertiary/aromatic N) is 1. The molecule has 4 heteroatoms. The van der Waals surface area contributed by atoms with Gasteiger partial charge in [0.05, 0.1) is 13.2 Å². The molecule has 0 saturated carbocycles. The summed E-state index contributed by atoms with van der Waals surface area (Å²) in [7, 11) is 0. The van der Waals surface area contributed by atoms with Gasteiger partial charge >= 0.3 is 0 Å². The molecule has 140 valence electrons. The predicted octanol–water partition coefficient (Wildman–Crippen LogP) is 2.87. The summed E-state index contributed by atoms with van der Waals surface area (Å²) in [5, 5.41) is 19.1. The van der Waals surface area contributed by atoms with Crippen LogP contribution in [0.2, 0.25) is 0 Å². The number of ether oxygens (including phenoxy) is 1. The van der Waals surface area contributed by atoms with Crippen LogP contribution in [0.4, 0.5) is 0 Å². The molecule has 0 bridgehead atoms. The highest BCUT2D eigenvalue weighted by atomic mass is 16.5. The molecule has 1 aliphatic rings. The molecule has 0 aliphatic carbocycles. The number of hydrogen-bond donors (Lipinski definition) is 2. The summed E-state index contributed by atoms with van der Waals surface area (Å²) in [6, 6.07) is 18.5. The van der Waals surface area contributed by atoms with Gasteiger partial charge in [-0.1, -0.05) is 42.5 Å². The molecule has 1 aliphatic heterocycles. The maximum Gasteiger partial charge on any atom is 0.119 e. The van der Waals surface area contributed by atoms with E-state index in [-0.39, 0.29) is 18.6 Å². The lowest BCUT2D eigenvalue weighted by Gasteiger charge is -2.42. The predicted molar refractivity (Wildman–Crippen MR) is 103 cm³/mol. The van der Waals surface area contributed by atoms with E-state index in [0.29, 0.717) is 6.61 Å². The van der Waals surface area contributed by atoms with Gasteiger partial charge in [-0.05, 0) is 49.1 Å². The first-order valence-corrected chi connectivity index (χ1v) is 9.43. The highest BCUT2D eigenvalue weighted by molar-refractivity contribution is 5.28. The molecule has 0 spiro atoms. The summed E-state index contributed by atoms with van der Waals surface area (Å²) in [6.45, 7) is 3.37. The smallest absolute Gasteiger partial charge is 0.119 e. The molecule has 2 aromatic rings. The Labute approximate surface area is 156 Å². The van der Waals surface area contributed by atoms with Crippen molar-refractivity contribution in [1.82, 2.24) is 4.90 Å². The number of aliphatic hydroxyl groups is 2. The second-order valence-corrected chi connectivity index (χ2v) is 7.35. The molecule has 1 atom stereocenters. The topological polar surface area (TPSA) is 52.9 Å². The highest BCUT2D eigenvalue weighted by Gasteiger charge is 2.35. The Balaban J connectivity index is 1.65. The molecule has 1 saturated heterocycles. The quantitative estimate of drug-likeness (QED) is 0.765. The van der Waals surface area contributed by atoms with Gasteiger partial charge in [0, 0.05) is 18.5 Å². The van der Waals surface area contributed by atoms with Crippen LogP contribution in [0.15, 0.2) is 54.6 Å². The number of likely N-dealkylation sites (tertiary alicyclic amines) is 1. The van der Waals surface area contributed by atoms with Crippen molar-refractivity contribution >= 4 is 0 Å². The van der Waals surface area contributed by atoms with E-state index in [1.54, 1.807) is 0 Å². The number of aliphatic hydroxyl groups excluding tert-OH is 2. The van der Waals surface area contributed by atoms with Gasteiger partial charge in [0.1, 0.15) is 12.4 Å². The first-order valence-electron chi connectivity index (χ1n) is 9.43. The van der Waals surface area contributed by atoms with Crippen LogP contribution in [0.5, 0.6) is 5.75 Å². The van der Waals surface area contributed by atoms with Gasteiger partial charge in [-0.15, -0.1) is 0 Å². The van der Waals surface area contributed by atoms with Gasteiger partial charge in [-0.3, -0.25) is 4.90 Å². The van der Waals surface area contributed by atoms with E-state index in [9.17, 15) is 5.11 Å². The summed E-state index contributed by atoms with van der Waals surface area (Å²) >= 11 is 0. The van der Waals surface area contributed by atoms with Crippen LogP contribution >= 0.6 is 0 Å². The van der Waals surface area contributed by atoms with Crippen molar-refractivity contribution in [3.63, 3.8) is 0 Å². The average Bonchev–Trinajstić information content (AvgIpc) is 2.68. The lowest BCUT2D eigenvalue weighted by Crippen LogP contribution is -2.46. The molecule has 0 amide bonds. The Morgan fingerprint density at radius 2 is 1.81 bits per heavy atom. The summed E-state index contributed by atoms with van der Waals surface area (Å²) in [4.78, 5) is 2.44. The van der Waals surface area contributed by atoms with E-state index < -0.39 is 0 Å². The maximum absolute atomic E-state index is 10.2. The minimum atomic E-state index is -0.0649. The van der Waals surface area contributed by atoms with Gasteiger partial charge in [0.25, 0.3) is 0 Å². The molecule has 1 fully saturated rings. The zero-order valence-corrected chi connectivity index (χ0v) is 15.3. The van der Waals surface area contributed by atoms with Crippen LogP contribution in [-0.2, 0) is 13.0 Å². The van der Waals surface area contributed by atoms with E-state index >= 15 is 0 Å². The summed E-state index contributed by atoms with van der Waals surface area (Å²) in [5.41, 5.74) is 2.43. The molecule has 4 nitrogen and oxygen atoms in total. The fourth-order valence-electron chi connectivity index (χ4n) is 3.96. The van der Waals surface area contributed by atoms with E-state index in [4.69, 9.17) is 9.84 Å². The van der Waals surface area contributed by atoms with E-state index in [1.807, 2.05) is 24.3 Å². The van der Waals surface area contributed by atoms with E-state index in [1.165, 1.54) is 11.1 Å². The van der Waals surface area contributed by atoms with Crippen molar-refractivity contribution in [1.29, 1.82) is 0 Å². The van der Waals surface area contributed by atoms with Gasteiger partial charge < -0.3 is 14.9 Å². The van der Waals surface area contributed by atoms with Gasteiger partial charge in [0.2, 0.25) is 0 Å². The van der Waals surface area contributed by atoms with Crippen LogP contribution in [0.25, 0.3) is 0 Å². The summed E-state index contributed by atoms with van der Waals surface area (Å²) < 4.78 is 5.52. The minimum absolute atomic E-state index is 0.0227. The van der Waals surface area contributed by atoms with Crippen molar-refractivity contribution in [2.24, 2.45) is 5.41 Å². The second-order valence-electron chi connectivity index (χ2n) is 7.35. The highest BCUT2D eigenvalue weighted by Crippen LogP contribution is 2.34. The maximum atomic E-state index is 10.2. The largest absolute Gasteiger partial charge is 0.491 e. The molecule has 26 heavy (non-hydrogen) atoms. The zero-order valence-electron chi connectivity index (χ0n) is 15.3. The van der Waals surface area contributed by atoms with Crippen LogP contribution in [-0.4, -0.2) is 48.0 Å². The monoisotopic (exact) mass is 355 g/mol. The number of piperidine rings is 1. The number of hydrogen-bond acceptors (Lipinski definition) is 4. The summed E-state index contributed by atoms with van der Waals surface area (Å²) in [5.74, 6) is 0.797. The second kappa shape index (κ2) is 9.17. The molecular formula is C22H29NO3. The normalized spacial score (nSPS) is 20.8. The Morgan fingerprint density at radius 1 is 1.00 bits per heavy atom. The van der Waals surface area contributed by atoms with E-state index in [2.05, 4.69) is 35.2 Å².